The van der Waals surface area contributed by atoms with Crippen LogP contribution in [0.5, 0.6) is 0 Å². The van der Waals surface area contributed by atoms with Crippen LogP contribution in [0.15, 0.2) is 43.7 Å². The van der Waals surface area contributed by atoms with Crippen LogP contribution >= 0.6 is 0 Å². The van der Waals surface area contributed by atoms with Crippen molar-refractivity contribution in [2.24, 2.45) is 9.98 Å². The van der Waals surface area contributed by atoms with E-state index in [1.54, 1.807) is 58.9 Å². The molecule has 6 heterocycles. The molecule has 2 aromatic heterocycles. The Morgan fingerprint density at radius 2 is 1.34 bits per heavy atom. The van der Waals surface area contributed by atoms with Crippen molar-refractivity contribution in [1.82, 2.24) is 5.58 Å². The van der Waals surface area contributed by atoms with Gasteiger partial charge in [0, 0.05) is 0 Å². The average molecular weight is 753 g/mol. The summed E-state index contributed by atoms with van der Waals surface area (Å²) in [4.78, 5) is 33.1. The van der Waals surface area contributed by atoms with Gasteiger partial charge in [-0.1, -0.05) is 0 Å². The van der Waals surface area contributed by atoms with E-state index >= 15 is 5.73 Å². The van der Waals surface area contributed by atoms with Gasteiger partial charge < -0.3 is 0 Å². The van der Waals surface area contributed by atoms with Gasteiger partial charge in [0.2, 0.25) is 0 Å². The van der Waals surface area contributed by atoms with E-state index in [1.165, 1.54) is 6.92 Å². The average Bonchev–Trinajstić information content (AvgIpc) is 3.61. The van der Waals surface area contributed by atoms with E-state index in [0.29, 0.717) is 67.4 Å². The first-order chi connectivity index (χ1) is 22.0. The molecule has 6 rings (SSSR count). The number of allylic oxidation sites excluding steroid dienone is 3. The van der Waals surface area contributed by atoms with Gasteiger partial charge in [0.15, 0.2) is 0 Å². The first-order valence-corrected chi connectivity index (χ1v) is 20.2. The standard InChI is InChI=1S/C34H38N4O6.2FH.Sn/c1-15-21(7-9-31(41)42)27-14-28-22(8-10-32(43)44)16(2)24(36-28)12-29-34(20(6)40)18(4)26(38-29)13-30-33(19(5)39)17(3)25(37-30)11-23(15)35-27;;;/h11-14,19-20,39-40H,7-10H2,1-6H3,(H4,35,36,37,38,41,42,43,44);2*1H;/q;;;+4/p-4. The van der Waals surface area contributed by atoms with Gasteiger partial charge in [-0.25, -0.2) is 0 Å². The van der Waals surface area contributed by atoms with E-state index in [0.717, 1.165) is 5.58 Å². The number of hydrogen-bond acceptors (Lipinski definition) is 6. The molecule has 4 aliphatic rings. The molecule has 4 N–H and O–H groups in total. The Hall–Kier alpha value is -3.88. The number of aromatic nitrogens is 2. The zero-order valence-corrected chi connectivity index (χ0v) is 29.8. The van der Waals surface area contributed by atoms with Crippen LogP contribution in [0, 0.1) is 13.8 Å². The molecule has 2 atom stereocenters. The number of fused-ring (bicyclic) bond motifs is 2. The number of aliphatic imine (C=N–C) groups is 2. The van der Waals surface area contributed by atoms with Gasteiger partial charge in [-0.2, -0.15) is 0 Å². The minimum absolute atomic E-state index is 0.0383. The number of nitrogens with zero attached hydrogens (tertiary/aromatic N) is 4. The second-order valence-corrected chi connectivity index (χ2v) is 17.9. The van der Waals surface area contributed by atoms with Crippen molar-refractivity contribution in [2.75, 3.05) is 0 Å². The van der Waals surface area contributed by atoms with E-state index in [9.17, 15) is 30.0 Å². The van der Waals surface area contributed by atoms with E-state index in [1.807, 2.05) is 0 Å². The Balaban J connectivity index is 1.88. The molecule has 0 aliphatic carbocycles. The molecule has 0 saturated heterocycles. The number of halogens is 2. The summed E-state index contributed by atoms with van der Waals surface area (Å²) < 4.78 is 38.2. The summed E-state index contributed by atoms with van der Waals surface area (Å²) in [6.45, 7) is 10.1. The Morgan fingerprint density at radius 1 is 0.766 bits per heavy atom. The van der Waals surface area contributed by atoms with Crippen molar-refractivity contribution in [3.8, 4) is 0 Å². The molecule has 4 aliphatic heterocycles. The summed E-state index contributed by atoms with van der Waals surface area (Å²) in [5.74, 6) is -2.09. The quantitative estimate of drug-likeness (QED) is 0.302. The van der Waals surface area contributed by atoms with E-state index < -0.39 is 44.2 Å². The maximum absolute atomic E-state index is 18.0. The number of carboxylic acid groups (broad SMARTS) is 2. The first-order valence-electron chi connectivity index (χ1n) is 15.4. The van der Waals surface area contributed by atoms with Gasteiger partial charge in [-0.15, -0.1) is 0 Å². The summed E-state index contributed by atoms with van der Waals surface area (Å²) in [6.07, 6.45) is 3.75. The van der Waals surface area contributed by atoms with Crippen LogP contribution in [0.2, 0.25) is 0 Å². The van der Waals surface area contributed by atoms with Gasteiger partial charge in [0.25, 0.3) is 0 Å². The molecule has 6 bridgehead atoms. The Bertz CT molecular complexity index is 2120. The zero-order chi connectivity index (χ0) is 34.3. The van der Waals surface area contributed by atoms with Crippen LogP contribution in [0.1, 0.15) is 86.7 Å². The second kappa shape index (κ2) is 11.7. The van der Waals surface area contributed by atoms with Gasteiger partial charge in [-0.3, -0.25) is 0 Å². The summed E-state index contributed by atoms with van der Waals surface area (Å²) in [6, 6.07) is 0. The molecule has 2 unspecified atom stereocenters. The first kappa shape index (κ1) is 33.0. The monoisotopic (exact) mass is 754 g/mol. The van der Waals surface area contributed by atoms with Crippen LogP contribution in [-0.4, -0.2) is 75.5 Å². The van der Waals surface area contributed by atoms with Crippen molar-refractivity contribution in [3.63, 3.8) is 0 Å². The second-order valence-electron chi connectivity index (χ2n) is 12.5. The number of aliphatic hydroxyl groups is 2. The molecule has 0 aromatic carbocycles. The fourth-order valence-electron chi connectivity index (χ4n) is 7.26. The third-order valence-corrected chi connectivity index (χ3v) is 15.3. The number of aliphatic hydroxyl groups excluding tert-OH is 2. The molecule has 47 heavy (non-hydrogen) atoms. The van der Waals surface area contributed by atoms with Crippen molar-refractivity contribution < 1.29 is 35.7 Å². The van der Waals surface area contributed by atoms with Crippen LogP contribution in [0.3, 0.4) is 0 Å². The van der Waals surface area contributed by atoms with E-state index in [-0.39, 0.29) is 47.8 Å². The van der Waals surface area contributed by atoms with Gasteiger partial charge in [0.05, 0.1) is 0 Å². The summed E-state index contributed by atoms with van der Waals surface area (Å²) in [5.41, 5.74) is 5.78. The molecule has 0 amide bonds. The summed E-state index contributed by atoms with van der Waals surface area (Å²) in [5, 5.41) is 41.3. The predicted octanol–water partition coefficient (Wildman–Crippen LogP) is 3.81. The maximum atomic E-state index is 18.0. The van der Waals surface area contributed by atoms with Gasteiger partial charge in [0.1, 0.15) is 0 Å². The van der Waals surface area contributed by atoms with Crippen LogP contribution in [0.25, 0.3) is 24.3 Å². The summed E-state index contributed by atoms with van der Waals surface area (Å²) in [7, 11) is 0. The number of carbonyl (C=O) groups is 2. The number of hydrogen-bond donors (Lipinski definition) is 4. The molecule has 13 heteroatoms. The Labute approximate surface area is 275 Å². The number of carboxylic acids is 2. The molecule has 0 saturated carbocycles. The van der Waals surface area contributed by atoms with E-state index in [2.05, 4.69) is 0 Å². The third kappa shape index (κ3) is 5.21. The minimum atomic E-state index is -6.96. The normalized spacial score (nSPS) is 18.9. The molecule has 0 fully saturated rings. The molecule has 246 valence electrons. The number of rotatable bonds is 8. The molecule has 0 spiro atoms. The predicted molar refractivity (Wildman–Crippen MR) is 177 cm³/mol. The molecule has 0 radical (unpaired) electrons. The molecular weight excluding hydrogens is 717 g/mol. The SMILES string of the molecule is CC1=C(CCC(=O)O)C2=NC1=Cc1c(C)c(C(C)O)c3[n]1[Sn]([F])([F])[n]1c(c(C)c(CCC(=O)O)c1=C2)=CC1=NC(=C3)C(C)=C1C(C)O. The van der Waals surface area contributed by atoms with Crippen LogP contribution in [-0.2, 0) is 16.0 Å². The van der Waals surface area contributed by atoms with Crippen molar-refractivity contribution in [1.29, 1.82) is 0 Å². The zero-order valence-electron chi connectivity index (χ0n) is 26.9. The summed E-state index contributed by atoms with van der Waals surface area (Å²) >= 11 is -6.96. The van der Waals surface area contributed by atoms with Crippen LogP contribution < -0.4 is 10.7 Å². The van der Waals surface area contributed by atoms with Crippen LogP contribution in [0.4, 0.5) is 5.73 Å². The van der Waals surface area contributed by atoms with Crippen molar-refractivity contribution >= 4 is 67.7 Å². The molecular formula is C34H36F2N4O6Sn. The molecule has 2 aromatic rings. The van der Waals surface area contributed by atoms with E-state index in [4.69, 9.17) is 9.98 Å². The fraction of sp³-hybridized carbons (Fsp3) is 0.353. The third-order valence-electron chi connectivity index (χ3n) is 9.51. The van der Waals surface area contributed by atoms with Gasteiger partial charge in [-0.05, 0) is 0 Å². The Kier molecular flexibility index (Phi) is 8.20. The van der Waals surface area contributed by atoms with Crippen molar-refractivity contribution in [2.45, 2.75) is 79.4 Å². The number of aliphatic carboxylic acids is 2. The van der Waals surface area contributed by atoms with Gasteiger partial charge >= 0.3 is 277 Å². The molecule has 10 nitrogen and oxygen atoms in total. The fourth-order valence-corrected chi connectivity index (χ4v) is 13.6. The topological polar surface area (TPSA) is 150 Å². The Morgan fingerprint density at radius 3 is 1.96 bits per heavy atom. The van der Waals surface area contributed by atoms with Crippen molar-refractivity contribution in [3.05, 3.63) is 78.0 Å².